The summed E-state index contributed by atoms with van der Waals surface area (Å²) in [5.41, 5.74) is 0.841. The maximum atomic E-state index is 12.7. The van der Waals surface area contributed by atoms with E-state index in [1.807, 2.05) is 12.1 Å². The third-order valence-electron chi connectivity index (χ3n) is 4.62. The molecule has 1 aromatic carbocycles. The van der Waals surface area contributed by atoms with Crippen molar-refractivity contribution in [3.63, 3.8) is 0 Å². The normalized spacial score (nSPS) is 24.0. The summed E-state index contributed by atoms with van der Waals surface area (Å²) in [5, 5.41) is 1.98. The summed E-state index contributed by atoms with van der Waals surface area (Å²) in [7, 11) is -3.37. The van der Waals surface area contributed by atoms with Crippen LogP contribution in [0.15, 0.2) is 29.7 Å². The Bertz CT molecular complexity index is 652. The predicted molar refractivity (Wildman–Crippen MR) is 94.8 cm³/mol. The molecule has 0 N–H and O–H groups in total. The van der Waals surface area contributed by atoms with Crippen molar-refractivity contribution < 1.29 is 8.42 Å². The van der Waals surface area contributed by atoms with E-state index in [1.54, 1.807) is 22.5 Å². The van der Waals surface area contributed by atoms with Gasteiger partial charge in [0.2, 0.25) is 10.0 Å². The van der Waals surface area contributed by atoms with Crippen molar-refractivity contribution in [1.82, 2.24) is 9.21 Å². The molecule has 6 heteroatoms. The molecule has 3 rings (SSSR count). The first-order chi connectivity index (χ1) is 11.0. The molecule has 2 aliphatic heterocycles. The van der Waals surface area contributed by atoms with E-state index < -0.39 is 10.0 Å². The smallest absolute Gasteiger partial charge is 0.236 e. The Morgan fingerprint density at radius 3 is 2.48 bits per heavy atom. The average molecular weight is 355 g/mol. The van der Waals surface area contributed by atoms with Gasteiger partial charge in [0.1, 0.15) is 0 Å². The summed E-state index contributed by atoms with van der Waals surface area (Å²) in [6.07, 6.45) is 6.03. The molecule has 0 aliphatic carbocycles. The molecule has 0 radical (unpaired) electrons. The van der Waals surface area contributed by atoms with E-state index in [0.717, 1.165) is 38.0 Å². The Morgan fingerprint density at radius 1 is 1.09 bits per heavy atom. The zero-order valence-electron chi connectivity index (χ0n) is 13.2. The van der Waals surface area contributed by atoms with Gasteiger partial charge >= 0.3 is 0 Å². The molecule has 0 bridgehead atoms. The number of halogens is 1. The zero-order valence-corrected chi connectivity index (χ0v) is 14.8. The minimum atomic E-state index is -3.37. The lowest BCUT2D eigenvalue weighted by atomic mass is 10.2. The largest absolute Gasteiger partial charge is 0.302 e. The van der Waals surface area contributed by atoms with Crippen LogP contribution in [0.25, 0.3) is 6.08 Å². The molecule has 2 heterocycles. The van der Waals surface area contributed by atoms with Crippen LogP contribution in [0.3, 0.4) is 0 Å². The van der Waals surface area contributed by atoms with Gasteiger partial charge in [-0.15, -0.1) is 0 Å². The molecule has 0 saturated carbocycles. The number of rotatable bonds is 5. The highest BCUT2D eigenvalue weighted by molar-refractivity contribution is 7.92. The first kappa shape index (κ1) is 17.0. The summed E-state index contributed by atoms with van der Waals surface area (Å²) >= 11 is 5.85. The Kier molecular flexibility index (Phi) is 5.42. The van der Waals surface area contributed by atoms with Gasteiger partial charge in [0.25, 0.3) is 0 Å². The molecule has 2 aliphatic rings. The third kappa shape index (κ3) is 4.35. The van der Waals surface area contributed by atoms with Crippen LogP contribution in [0.4, 0.5) is 0 Å². The van der Waals surface area contributed by atoms with Crippen molar-refractivity contribution in [2.75, 3.05) is 26.2 Å². The van der Waals surface area contributed by atoms with Gasteiger partial charge in [0.15, 0.2) is 0 Å². The lowest BCUT2D eigenvalue weighted by Crippen LogP contribution is -2.41. The number of nitrogens with zero attached hydrogens (tertiary/aromatic N) is 2. The second kappa shape index (κ2) is 7.34. The standard InChI is InChI=1S/C17H23ClN2O2S/c18-16-7-5-15(6-8-16)9-13-23(21,22)20-12-3-4-17(20)14-19-10-1-2-11-19/h5-9,13,17H,1-4,10-12,14H2/b13-9+. The zero-order chi connectivity index (χ0) is 16.3. The third-order valence-corrected chi connectivity index (χ3v) is 6.49. The Balaban J connectivity index is 1.68. The molecule has 0 amide bonds. The molecule has 4 nitrogen and oxygen atoms in total. The van der Waals surface area contributed by atoms with E-state index in [1.165, 1.54) is 18.2 Å². The molecule has 0 spiro atoms. The van der Waals surface area contributed by atoms with E-state index in [4.69, 9.17) is 11.6 Å². The maximum Gasteiger partial charge on any atom is 0.236 e. The van der Waals surface area contributed by atoms with Crippen molar-refractivity contribution in [3.8, 4) is 0 Å². The van der Waals surface area contributed by atoms with Crippen molar-refractivity contribution in [2.24, 2.45) is 0 Å². The summed E-state index contributed by atoms with van der Waals surface area (Å²) in [5.74, 6) is 0. The van der Waals surface area contributed by atoms with Gasteiger partial charge < -0.3 is 4.90 Å². The topological polar surface area (TPSA) is 40.6 Å². The molecular formula is C17H23ClN2O2S. The van der Waals surface area contributed by atoms with Crippen LogP contribution in [0.2, 0.25) is 5.02 Å². The van der Waals surface area contributed by atoms with Gasteiger partial charge in [0, 0.05) is 29.6 Å². The fraction of sp³-hybridized carbons (Fsp3) is 0.529. The monoisotopic (exact) mass is 354 g/mol. The van der Waals surface area contributed by atoms with Crippen LogP contribution in [0.1, 0.15) is 31.2 Å². The summed E-state index contributed by atoms with van der Waals surface area (Å²) in [4.78, 5) is 2.39. The number of hydrogen-bond donors (Lipinski definition) is 0. The van der Waals surface area contributed by atoms with Crippen molar-refractivity contribution in [1.29, 1.82) is 0 Å². The molecule has 1 atom stereocenters. The lowest BCUT2D eigenvalue weighted by molar-refractivity contribution is 0.258. The van der Waals surface area contributed by atoms with E-state index in [-0.39, 0.29) is 6.04 Å². The first-order valence-electron chi connectivity index (χ1n) is 8.22. The fourth-order valence-corrected chi connectivity index (χ4v) is 4.99. The number of benzene rings is 1. The Labute approximate surface area is 143 Å². The van der Waals surface area contributed by atoms with Crippen LogP contribution in [-0.2, 0) is 10.0 Å². The number of hydrogen-bond acceptors (Lipinski definition) is 3. The minimum absolute atomic E-state index is 0.118. The SMILES string of the molecule is O=S(=O)(/C=C/c1ccc(Cl)cc1)N1CCCC1CN1CCCC1. The van der Waals surface area contributed by atoms with Crippen molar-refractivity contribution in [3.05, 3.63) is 40.3 Å². The van der Waals surface area contributed by atoms with Crippen LogP contribution in [-0.4, -0.2) is 49.8 Å². The molecule has 126 valence electrons. The van der Waals surface area contributed by atoms with Gasteiger partial charge in [-0.2, -0.15) is 4.31 Å². The molecule has 0 aromatic heterocycles. The van der Waals surface area contributed by atoms with Gasteiger partial charge in [-0.1, -0.05) is 23.7 Å². The van der Waals surface area contributed by atoms with E-state index in [0.29, 0.717) is 11.6 Å². The van der Waals surface area contributed by atoms with E-state index in [2.05, 4.69) is 4.90 Å². The molecule has 23 heavy (non-hydrogen) atoms. The molecule has 2 fully saturated rings. The van der Waals surface area contributed by atoms with Gasteiger partial charge in [-0.05, 0) is 62.5 Å². The van der Waals surface area contributed by atoms with E-state index >= 15 is 0 Å². The fourth-order valence-electron chi connectivity index (χ4n) is 3.41. The molecule has 2 saturated heterocycles. The summed E-state index contributed by atoms with van der Waals surface area (Å²) in [6.45, 7) is 3.70. The number of likely N-dealkylation sites (tertiary alicyclic amines) is 1. The summed E-state index contributed by atoms with van der Waals surface area (Å²) in [6, 6.07) is 7.29. The quantitative estimate of drug-likeness (QED) is 0.815. The summed E-state index contributed by atoms with van der Waals surface area (Å²) < 4.78 is 27.0. The lowest BCUT2D eigenvalue weighted by Gasteiger charge is -2.26. The maximum absolute atomic E-state index is 12.7. The van der Waals surface area contributed by atoms with Crippen molar-refractivity contribution >= 4 is 27.7 Å². The highest BCUT2D eigenvalue weighted by Crippen LogP contribution is 2.24. The van der Waals surface area contributed by atoms with Crippen LogP contribution < -0.4 is 0 Å². The number of sulfonamides is 1. The van der Waals surface area contributed by atoms with Gasteiger partial charge in [0.05, 0.1) is 0 Å². The molecule has 1 aromatic rings. The van der Waals surface area contributed by atoms with Crippen LogP contribution >= 0.6 is 11.6 Å². The second-order valence-electron chi connectivity index (χ2n) is 6.31. The minimum Gasteiger partial charge on any atom is -0.302 e. The average Bonchev–Trinajstić information content (AvgIpc) is 3.19. The van der Waals surface area contributed by atoms with E-state index in [9.17, 15) is 8.42 Å². The highest BCUT2D eigenvalue weighted by Gasteiger charge is 2.34. The second-order valence-corrected chi connectivity index (χ2v) is 8.52. The van der Waals surface area contributed by atoms with Gasteiger partial charge in [-0.3, -0.25) is 0 Å². The molecule has 1 unspecified atom stereocenters. The van der Waals surface area contributed by atoms with Crippen LogP contribution in [0, 0.1) is 0 Å². The van der Waals surface area contributed by atoms with Crippen LogP contribution in [0.5, 0.6) is 0 Å². The highest BCUT2D eigenvalue weighted by atomic mass is 35.5. The molecular weight excluding hydrogens is 332 g/mol. The first-order valence-corrected chi connectivity index (χ1v) is 10.1. The Hall–Kier alpha value is -0.880. The Morgan fingerprint density at radius 2 is 1.78 bits per heavy atom. The predicted octanol–water partition coefficient (Wildman–Crippen LogP) is 3.20. The van der Waals surface area contributed by atoms with Gasteiger partial charge in [-0.25, -0.2) is 8.42 Å². The van der Waals surface area contributed by atoms with Crippen molar-refractivity contribution in [2.45, 2.75) is 31.7 Å².